The minimum atomic E-state index is -2.92. The van der Waals surface area contributed by atoms with Crippen LogP contribution in [-0.2, 0) is 9.84 Å². The molecule has 1 saturated heterocycles. The van der Waals surface area contributed by atoms with Crippen LogP contribution in [0, 0.1) is 5.92 Å². The molecule has 1 amide bonds. The topological polar surface area (TPSA) is 107 Å². The van der Waals surface area contributed by atoms with Crippen LogP contribution in [-0.4, -0.2) is 52.1 Å². The SMILES string of the molecule is O=C(NC[C@H]1CCS(=O)(=O)C1)c1ccnc(-n2cncn2)c1. The van der Waals surface area contributed by atoms with Gasteiger partial charge >= 0.3 is 0 Å². The average molecular weight is 321 g/mol. The highest BCUT2D eigenvalue weighted by atomic mass is 32.2. The molecule has 0 aliphatic carbocycles. The third-order valence-electron chi connectivity index (χ3n) is 3.54. The van der Waals surface area contributed by atoms with E-state index in [9.17, 15) is 13.2 Å². The van der Waals surface area contributed by atoms with Gasteiger partial charge in [0.05, 0.1) is 11.5 Å². The number of amides is 1. The van der Waals surface area contributed by atoms with Gasteiger partial charge in [0.15, 0.2) is 15.7 Å². The summed E-state index contributed by atoms with van der Waals surface area (Å²) in [6.45, 7) is 0.360. The van der Waals surface area contributed by atoms with Crippen molar-refractivity contribution in [3.63, 3.8) is 0 Å². The predicted octanol–water partition coefficient (Wildman–Crippen LogP) is -0.173. The maximum absolute atomic E-state index is 12.2. The van der Waals surface area contributed by atoms with Crippen LogP contribution in [0.15, 0.2) is 31.0 Å². The number of rotatable bonds is 4. The standard InChI is InChI=1S/C13H15N5O3S/c19-13(16-6-10-2-4-22(20,21)7-10)11-1-3-15-12(5-11)18-9-14-8-17-18/h1,3,5,8-10H,2,4,6-7H2,(H,16,19)/t10-/m1/s1. The van der Waals surface area contributed by atoms with E-state index in [4.69, 9.17) is 0 Å². The monoisotopic (exact) mass is 321 g/mol. The Bertz CT molecular complexity index is 773. The van der Waals surface area contributed by atoms with Crippen LogP contribution in [0.4, 0.5) is 0 Å². The molecule has 2 aromatic heterocycles. The van der Waals surface area contributed by atoms with Gasteiger partial charge in [0.25, 0.3) is 5.91 Å². The van der Waals surface area contributed by atoms with Crippen molar-refractivity contribution < 1.29 is 13.2 Å². The molecule has 0 aromatic carbocycles. The first-order valence-corrected chi connectivity index (χ1v) is 8.65. The molecular weight excluding hydrogens is 306 g/mol. The molecule has 0 saturated carbocycles. The number of aromatic nitrogens is 4. The molecule has 1 atom stereocenters. The van der Waals surface area contributed by atoms with E-state index in [1.165, 1.54) is 23.5 Å². The van der Waals surface area contributed by atoms with Crippen molar-refractivity contribution in [3.8, 4) is 5.82 Å². The lowest BCUT2D eigenvalue weighted by Crippen LogP contribution is -2.30. The largest absolute Gasteiger partial charge is 0.352 e. The zero-order valence-electron chi connectivity index (χ0n) is 11.7. The van der Waals surface area contributed by atoms with Crippen molar-refractivity contribution in [1.29, 1.82) is 0 Å². The van der Waals surface area contributed by atoms with Gasteiger partial charge in [-0.05, 0) is 24.5 Å². The second-order valence-corrected chi connectivity index (χ2v) is 7.45. The molecule has 0 radical (unpaired) electrons. The third kappa shape index (κ3) is 3.30. The zero-order valence-corrected chi connectivity index (χ0v) is 12.5. The van der Waals surface area contributed by atoms with E-state index in [-0.39, 0.29) is 23.3 Å². The lowest BCUT2D eigenvalue weighted by Gasteiger charge is -2.10. The number of nitrogens with zero attached hydrogens (tertiary/aromatic N) is 4. The molecule has 1 fully saturated rings. The lowest BCUT2D eigenvalue weighted by atomic mass is 10.1. The molecule has 9 heteroatoms. The van der Waals surface area contributed by atoms with Crippen LogP contribution < -0.4 is 5.32 Å². The van der Waals surface area contributed by atoms with Gasteiger partial charge in [-0.2, -0.15) is 5.10 Å². The molecule has 116 valence electrons. The summed E-state index contributed by atoms with van der Waals surface area (Å²) in [6, 6.07) is 3.20. The second kappa shape index (κ2) is 5.84. The molecular formula is C13H15N5O3S. The summed E-state index contributed by atoms with van der Waals surface area (Å²) in [5, 5.41) is 6.73. The Morgan fingerprint density at radius 2 is 2.32 bits per heavy atom. The number of carbonyl (C=O) groups is 1. The van der Waals surface area contributed by atoms with Gasteiger partial charge < -0.3 is 5.32 Å². The van der Waals surface area contributed by atoms with E-state index in [0.717, 1.165) is 0 Å². The Morgan fingerprint density at radius 1 is 1.45 bits per heavy atom. The molecule has 8 nitrogen and oxygen atoms in total. The highest BCUT2D eigenvalue weighted by Crippen LogP contribution is 2.17. The number of pyridine rings is 1. The van der Waals surface area contributed by atoms with Gasteiger partial charge in [-0.1, -0.05) is 0 Å². The highest BCUT2D eigenvalue weighted by molar-refractivity contribution is 7.91. The summed E-state index contributed by atoms with van der Waals surface area (Å²) in [5.74, 6) is 0.583. The lowest BCUT2D eigenvalue weighted by molar-refractivity contribution is 0.0948. The van der Waals surface area contributed by atoms with Crippen LogP contribution in [0.3, 0.4) is 0 Å². The smallest absolute Gasteiger partial charge is 0.251 e. The van der Waals surface area contributed by atoms with Crippen LogP contribution >= 0.6 is 0 Å². The van der Waals surface area contributed by atoms with Gasteiger partial charge in [-0.25, -0.2) is 23.1 Å². The molecule has 0 bridgehead atoms. The van der Waals surface area contributed by atoms with Gasteiger partial charge in [0, 0.05) is 18.3 Å². The van der Waals surface area contributed by atoms with Crippen LogP contribution in [0.5, 0.6) is 0 Å². The number of hydrogen-bond donors (Lipinski definition) is 1. The van der Waals surface area contributed by atoms with E-state index in [0.29, 0.717) is 24.3 Å². The van der Waals surface area contributed by atoms with Crippen LogP contribution in [0.1, 0.15) is 16.8 Å². The number of carbonyl (C=O) groups excluding carboxylic acids is 1. The first kappa shape index (κ1) is 14.6. The molecule has 1 aliphatic heterocycles. The Hall–Kier alpha value is -2.29. The summed E-state index contributed by atoms with van der Waals surface area (Å²) < 4.78 is 24.2. The Balaban J connectivity index is 1.64. The summed E-state index contributed by atoms with van der Waals surface area (Å²) in [7, 11) is -2.92. The number of sulfone groups is 1. The summed E-state index contributed by atoms with van der Waals surface area (Å²) in [5.41, 5.74) is 0.446. The fourth-order valence-electron chi connectivity index (χ4n) is 2.38. The van der Waals surface area contributed by atoms with E-state index in [2.05, 4.69) is 20.4 Å². The van der Waals surface area contributed by atoms with E-state index < -0.39 is 9.84 Å². The first-order chi connectivity index (χ1) is 10.5. The average Bonchev–Trinajstić information content (AvgIpc) is 3.14. The van der Waals surface area contributed by atoms with Crippen LogP contribution in [0.2, 0.25) is 0 Å². The summed E-state index contributed by atoms with van der Waals surface area (Å²) in [6.07, 6.45) is 5.00. The van der Waals surface area contributed by atoms with Gasteiger partial charge in [-0.3, -0.25) is 4.79 Å². The van der Waals surface area contributed by atoms with E-state index in [1.807, 2.05) is 0 Å². The molecule has 1 aliphatic rings. The molecule has 1 N–H and O–H groups in total. The highest BCUT2D eigenvalue weighted by Gasteiger charge is 2.28. The molecule has 2 aromatic rings. The minimum Gasteiger partial charge on any atom is -0.352 e. The quantitative estimate of drug-likeness (QED) is 0.837. The predicted molar refractivity (Wildman–Crippen MR) is 78.2 cm³/mol. The Kier molecular flexibility index (Phi) is 3.88. The molecule has 3 rings (SSSR count). The number of nitrogens with one attached hydrogen (secondary N) is 1. The van der Waals surface area contributed by atoms with Crippen molar-refractivity contribution in [3.05, 3.63) is 36.5 Å². The van der Waals surface area contributed by atoms with Gasteiger partial charge in [0.1, 0.15) is 12.7 Å². The summed E-state index contributed by atoms with van der Waals surface area (Å²) in [4.78, 5) is 20.1. The maximum atomic E-state index is 12.2. The maximum Gasteiger partial charge on any atom is 0.251 e. The van der Waals surface area contributed by atoms with Crippen LogP contribution in [0.25, 0.3) is 5.82 Å². The molecule has 0 spiro atoms. The second-order valence-electron chi connectivity index (χ2n) is 5.22. The van der Waals surface area contributed by atoms with Crippen molar-refractivity contribution in [1.82, 2.24) is 25.1 Å². The molecule has 3 heterocycles. The van der Waals surface area contributed by atoms with Gasteiger partial charge in [0.2, 0.25) is 0 Å². The molecule has 22 heavy (non-hydrogen) atoms. The zero-order chi connectivity index (χ0) is 15.6. The number of hydrogen-bond acceptors (Lipinski definition) is 6. The third-order valence-corrected chi connectivity index (χ3v) is 5.38. The minimum absolute atomic E-state index is 0.00873. The normalized spacial score (nSPS) is 19.9. The fourth-order valence-corrected chi connectivity index (χ4v) is 4.25. The van der Waals surface area contributed by atoms with Crippen molar-refractivity contribution >= 4 is 15.7 Å². The van der Waals surface area contributed by atoms with E-state index in [1.54, 1.807) is 12.1 Å². The van der Waals surface area contributed by atoms with E-state index >= 15 is 0 Å². The molecule has 0 unspecified atom stereocenters. The van der Waals surface area contributed by atoms with Crippen molar-refractivity contribution in [2.45, 2.75) is 6.42 Å². The first-order valence-electron chi connectivity index (χ1n) is 6.83. The van der Waals surface area contributed by atoms with Crippen molar-refractivity contribution in [2.75, 3.05) is 18.1 Å². The summed E-state index contributed by atoms with van der Waals surface area (Å²) >= 11 is 0. The Labute approximate surface area is 127 Å². The Morgan fingerprint density at radius 3 is 3.00 bits per heavy atom. The van der Waals surface area contributed by atoms with Gasteiger partial charge in [-0.15, -0.1) is 0 Å². The van der Waals surface area contributed by atoms with Crippen molar-refractivity contribution in [2.24, 2.45) is 5.92 Å². The fraction of sp³-hybridized carbons (Fsp3) is 0.385.